The monoisotopic (exact) mass is 310 g/mol. The molecule has 0 atom stereocenters. The lowest BCUT2D eigenvalue weighted by molar-refractivity contribution is -0.140. The first-order valence-corrected chi connectivity index (χ1v) is 8.76. The molecule has 5 heteroatoms. The molecule has 0 saturated heterocycles. The predicted octanol–water partition coefficient (Wildman–Crippen LogP) is 2.35. The summed E-state index contributed by atoms with van der Waals surface area (Å²) in [6, 6.07) is 0.795. The van der Waals surface area contributed by atoms with Crippen molar-refractivity contribution in [2.75, 3.05) is 19.6 Å². The highest BCUT2D eigenvalue weighted by atomic mass is 16.4. The molecule has 2 aliphatic rings. The Morgan fingerprint density at radius 3 is 2.00 bits per heavy atom. The summed E-state index contributed by atoms with van der Waals surface area (Å²) in [7, 11) is 0. The summed E-state index contributed by atoms with van der Waals surface area (Å²) in [6.07, 6.45) is 7.72. The lowest BCUT2D eigenvalue weighted by atomic mass is 9.86. The maximum absolute atomic E-state index is 12.8. The predicted molar refractivity (Wildman–Crippen MR) is 85.7 cm³/mol. The summed E-state index contributed by atoms with van der Waals surface area (Å²) < 4.78 is 0. The van der Waals surface area contributed by atoms with Crippen molar-refractivity contribution >= 4 is 11.9 Å². The molecule has 0 radical (unpaired) electrons. The zero-order chi connectivity index (χ0) is 16.1. The number of carboxylic acids is 1. The summed E-state index contributed by atoms with van der Waals surface area (Å²) in [5.74, 6) is 0.0541. The molecule has 0 aromatic heterocycles. The normalized spacial score (nSPS) is 25.2. The number of carbonyl (C=O) groups is 2. The van der Waals surface area contributed by atoms with E-state index in [2.05, 4.69) is 11.8 Å². The third kappa shape index (κ3) is 4.97. The van der Waals surface area contributed by atoms with Crippen LogP contribution in [0.15, 0.2) is 0 Å². The van der Waals surface area contributed by atoms with Gasteiger partial charge in [0.1, 0.15) is 0 Å². The minimum Gasteiger partial charge on any atom is -0.480 e. The molecule has 5 nitrogen and oxygen atoms in total. The number of carbonyl (C=O) groups excluding carboxylic acids is 1. The highest BCUT2D eigenvalue weighted by molar-refractivity contribution is 5.80. The molecule has 0 aromatic rings. The van der Waals surface area contributed by atoms with Gasteiger partial charge in [-0.3, -0.25) is 14.5 Å². The first-order chi connectivity index (χ1) is 10.5. The zero-order valence-corrected chi connectivity index (χ0v) is 14.0. The molecule has 126 valence electrons. The maximum Gasteiger partial charge on any atom is 0.317 e. The number of carboxylic acid groups (broad SMARTS) is 1. The average Bonchev–Trinajstić information content (AvgIpc) is 3.25. The quantitative estimate of drug-likeness (QED) is 0.747. The molecule has 0 bridgehead atoms. The van der Waals surface area contributed by atoms with E-state index >= 15 is 0 Å². The van der Waals surface area contributed by atoms with Crippen LogP contribution in [0.2, 0.25) is 0 Å². The summed E-state index contributed by atoms with van der Waals surface area (Å²) in [5.41, 5.74) is 0. The van der Waals surface area contributed by atoms with Crippen molar-refractivity contribution in [3.63, 3.8) is 0 Å². The second kappa shape index (κ2) is 7.95. The van der Waals surface area contributed by atoms with Crippen molar-refractivity contribution in [1.29, 1.82) is 0 Å². The van der Waals surface area contributed by atoms with Crippen LogP contribution < -0.4 is 0 Å². The van der Waals surface area contributed by atoms with Crippen LogP contribution in [0, 0.1) is 5.92 Å². The Labute approximate surface area is 133 Å². The van der Waals surface area contributed by atoms with E-state index in [-0.39, 0.29) is 19.0 Å². The van der Waals surface area contributed by atoms with Crippen LogP contribution in [-0.2, 0) is 9.59 Å². The Hall–Kier alpha value is -1.10. The van der Waals surface area contributed by atoms with Crippen molar-refractivity contribution in [3.8, 4) is 0 Å². The fourth-order valence-corrected chi connectivity index (χ4v) is 3.57. The number of hydrogen-bond donors (Lipinski definition) is 1. The Morgan fingerprint density at radius 2 is 1.55 bits per heavy atom. The molecule has 1 amide bonds. The summed E-state index contributed by atoms with van der Waals surface area (Å²) >= 11 is 0. The third-order valence-electron chi connectivity index (χ3n) is 4.86. The molecule has 0 spiro atoms. The number of nitrogens with zero attached hydrogens (tertiary/aromatic N) is 2. The van der Waals surface area contributed by atoms with Crippen LogP contribution in [0.5, 0.6) is 0 Å². The van der Waals surface area contributed by atoms with Crippen LogP contribution in [0.25, 0.3) is 0 Å². The fourth-order valence-electron chi connectivity index (χ4n) is 3.57. The van der Waals surface area contributed by atoms with E-state index in [0.717, 1.165) is 38.0 Å². The van der Waals surface area contributed by atoms with Crippen molar-refractivity contribution in [2.24, 2.45) is 5.92 Å². The van der Waals surface area contributed by atoms with Gasteiger partial charge in [-0.25, -0.2) is 0 Å². The largest absolute Gasteiger partial charge is 0.480 e. The van der Waals surface area contributed by atoms with Crippen LogP contribution in [0.1, 0.15) is 58.8 Å². The molecular weight excluding hydrogens is 280 g/mol. The lowest BCUT2D eigenvalue weighted by Gasteiger charge is -2.37. The summed E-state index contributed by atoms with van der Waals surface area (Å²) in [4.78, 5) is 27.6. The van der Waals surface area contributed by atoms with Crippen molar-refractivity contribution < 1.29 is 14.7 Å². The van der Waals surface area contributed by atoms with E-state index in [1.807, 2.05) is 6.92 Å². The van der Waals surface area contributed by atoms with Gasteiger partial charge in [-0.05, 0) is 57.4 Å². The smallest absolute Gasteiger partial charge is 0.317 e. The van der Waals surface area contributed by atoms with Gasteiger partial charge in [-0.2, -0.15) is 0 Å². The number of hydrogen-bond acceptors (Lipinski definition) is 3. The molecule has 0 aliphatic heterocycles. The van der Waals surface area contributed by atoms with Crippen LogP contribution >= 0.6 is 0 Å². The Balaban J connectivity index is 1.95. The van der Waals surface area contributed by atoms with Crippen molar-refractivity contribution in [1.82, 2.24) is 9.80 Å². The summed E-state index contributed by atoms with van der Waals surface area (Å²) in [6.45, 7) is 5.18. The lowest BCUT2D eigenvalue weighted by Crippen LogP contribution is -2.48. The van der Waals surface area contributed by atoms with Crippen molar-refractivity contribution in [2.45, 2.75) is 70.9 Å². The highest BCUT2D eigenvalue weighted by Crippen LogP contribution is 2.35. The van der Waals surface area contributed by atoms with E-state index in [4.69, 9.17) is 5.11 Å². The van der Waals surface area contributed by atoms with Gasteiger partial charge in [0.15, 0.2) is 0 Å². The molecule has 0 unspecified atom stereocenters. The minimum absolute atomic E-state index is 0.0419. The number of aliphatic carboxylic acids is 1. The summed E-state index contributed by atoms with van der Waals surface area (Å²) in [5, 5.41) is 8.99. The number of amides is 1. The molecule has 2 rings (SSSR count). The Kier molecular flexibility index (Phi) is 6.24. The van der Waals surface area contributed by atoms with Gasteiger partial charge in [-0.15, -0.1) is 0 Å². The van der Waals surface area contributed by atoms with Crippen LogP contribution in [0.3, 0.4) is 0 Å². The van der Waals surface area contributed by atoms with Crippen LogP contribution in [-0.4, -0.2) is 58.5 Å². The van der Waals surface area contributed by atoms with Gasteiger partial charge >= 0.3 is 5.97 Å². The molecular formula is C17H30N2O3. The average molecular weight is 310 g/mol. The standard InChI is InChI=1S/C17H30N2O3/c1-3-10-18(12-17(21)22)11-16(20)19(15-8-9-15)14-6-4-13(2)5-7-14/h13-15H,3-12H2,1-2H3,(H,21,22). The highest BCUT2D eigenvalue weighted by Gasteiger charge is 2.38. The van der Waals surface area contributed by atoms with E-state index in [1.54, 1.807) is 4.90 Å². The molecule has 2 aliphatic carbocycles. The van der Waals surface area contributed by atoms with Crippen LogP contribution in [0.4, 0.5) is 0 Å². The molecule has 2 fully saturated rings. The molecule has 2 saturated carbocycles. The fraction of sp³-hybridized carbons (Fsp3) is 0.882. The van der Waals surface area contributed by atoms with Gasteiger partial charge in [0.05, 0.1) is 13.1 Å². The van der Waals surface area contributed by atoms with Gasteiger partial charge in [0.2, 0.25) is 5.91 Å². The van der Waals surface area contributed by atoms with E-state index in [1.165, 1.54) is 12.8 Å². The molecule has 0 aromatic carbocycles. The van der Waals surface area contributed by atoms with Gasteiger partial charge in [0, 0.05) is 12.1 Å². The SMILES string of the molecule is CCCN(CC(=O)O)CC(=O)N(C1CCC(C)CC1)C1CC1. The first kappa shape index (κ1) is 17.3. The first-order valence-electron chi connectivity index (χ1n) is 8.76. The van der Waals surface area contributed by atoms with E-state index in [0.29, 0.717) is 18.6 Å². The van der Waals surface area contributed by atoms with Gasteiger partial charge < -0.3 is 10.0 Å². The number of rotatable bonds is 8. The van der Waals surface area contributed by atoms with Crippen molar-refractivity contribution in [3.05, 3.63) is 0 Å². The second-order valence-corrected chi connectivity index (χ2v) is 7.05. The topological polar surface area (TPSA) is 60.9 Å². The molecule has 0 heterocycles. The van der Waals surface area contributed by atoms with E-state index in [9.17, 15) is 9.59 Å². The van der Waals surface area contributed by atoms with Gasteiger partial charge in [-0.1, -0.05) is 13.8 Å². The van der Waals surface area contributed by atoms with E-state index < -0.39 is 5.97 Å². The third-order valence-corrected chi connectivity index (χ3v) is 4.86. The maximum atomic E-state index is 12.8. The molecule has 1 N–H and O–H groups in total. The zero-order valence-electron chi connectivity index (χ0n) is 14.0. The Morgan fingerprint density at radius 1 is 1.00 bits per heavy atom. The molecule has 22 heavy (non-hydrogen) atoms. The van der Waals surface area contributed by atoms with Gasteiger partial charge in [0.25, 0.3) is 0 Å². The minimum atomic E-state index is -0.856. The Bertz CT molecular complexity index is 387. The second-order valence-electron chi connectivity index (χ2n) is 7.05.